The van der Waals surface area contributed by atoms with Crippen molar-refractivity contribution in [2.24, 2.45) is 0 Å². The summed E-state index contributed by atoms with van der Waals surface area (Å²) in [5.74, 6) is -0.456. The fourth-order valence-corrected chi connectivity index (χ4v) is 3.50. The third-order valence-electron chi connectivity index (χ3n) is 4.00. The SMILES string of the molecule is Cc1cc(/C=C(\Cl)c2nnc(C(=O)NCc3ccc(F)cc3)s2)cc(C)c1O. The first-order valence-corrected chi connectivity index (χ1v) is 9.57. The average Bonchev–Trinajstić information content (AvgIpc) is 3.16. The highest BCUT2D eigenvalue weighted by atomic mass is 35.5. The fourth-order valence-electron chi connectivity index (χ4n) is 2.55. The van der Waals surface area contributed by atoms with Crippen LogP contribution in [0.3, 0.4) is 0 Å². The number of amides is 1. The van der Waals surface area contributed by atoms with Gasteiger partial charge in [0.05, 0.1) is 5.03 Å². The normalized spacial score (nSPS) is 11.5. The molecule has 0 fully saturated rings. The van der Waals surface area contributed by atoms with Gasteiger partial charge in [-0.3, -0.25) is 4.79 Å². The molecule has 0 spiro atoms. The minimum atomic E-state index is -0.381. The van der Waals surface area contributed by atoms with Crippen LogP contribution in [0, 0.1) is 19.7 Å². The number of carbonyl (C=O) groups is 1. The van der Waals surface area contributed by atoms with Crippen molar-refractivity contribution in [3.63, 3.8) is 0 Å². The molecule has 2 aromatic carbocycles. The van der Waals surface area contributed by atoms with Crippen LogP contribution in [0.4, 0.5) is 4.39 Å². The molecule has 3 rings (SSSR count). The quantitative estimate of drug-likeness (QED) is 0.632. The van der Waals surface area contributed by atoms with Gasteiger partial charge in [-0.2, -0.15) is 0 Å². The van der Waals surface area contributed by atoms with Crippen LogP contribution in [0.1, 0.15) is 37.1 Å². The standard InChI is InChI=1S/C20H17ClFN3O2S/c1-11-7-14(8-12(2)17(11)26)9-16(21)19-24-25-20(28-19)18(27)23-10-13-3-5-15(22)6-4-13/h3-9,26H,10H2,1-2H3,(H,23,27)/b16-9-. The van der Waals surface area contributed by atoms with E-state index in [0.717, 1.165) is 33.6 Å². The molecule has 0 aliphatic carbocycles. The van der Waals surface area contributed by atoms with Gasteiger partial charge in [-0.1, -0.05) is 35.1 Å². The van der Waals surface area contributed by atoms with Crippen molar-refractivity contribution < 1.29 is 14.3 Å². The number of aromatic nitrogens is 2. The first-order valence-electron chi connectivity index (χ1n) is 8.37. The zero-order chi connectivity index (χ0) is 20.3. The molecule has 144 valence electrons. The number of nitrogens with one attached hydrogen (secondary N) is 1. The molecule has 0 saturated carbocycles. The van der Waals surface area contributed by atoms with Crippen molar-refractivity contribution in [2.75, 3.05) is 0 Å². The van der Waals surface area contributed by atoms with E-state index in [1.54, 1.807) is 18.2 Å². The zero-order valence-corrected chi connectivity index (χ0v) is 16.7. The van der Waals surface area contributed by atoms with E-state index >= 15 is 0 Å². The Kier molecular flexibility index (Phi) is 6.06. The third-order valence-corrected chi connectivity index (χ3v) is 5.35. The summed E-state index contributed by atoms with van der Waals surface area (Å²) in [5.41, 5.74) is 3.08. The number of carbonyl (C=O) groups excluding carboxylic acids is 1. The second-order valence-electron chi connectivity index (χ2n) is 6.22. The van der Waals surface area contributed by atoms with Crippen LogP contribution in [-0.2, 0) is 6.54 Å². The summed E-state index contributed by atoms with van der Waals surface area (Å²) in [7, 11) is 0. The van der Waals surface area contributed by atoms with Crippen LogP contribution in [0.15, 0.2) is 36.4 Å². The number of phenolic OH excluding ortho intramolecular Hbond substituents is 1. The number of phenols is 1. The van der Waals surface area contributed by atoms with Gasteiger partial charge in [0.15, 0.2) is 5.01 Å². The Bertz CT molecular complexity index is 1020. The van der Waals surface area contributed by atoms with E-state index in [2.05, 4.69) is 15.5 Å². The molecule has 28 heavy (non-hydrogen) atoms. The van der Waals surface area contributed by atoms with Crippen LogP contribution >= 0.6 is 22.9 Å². The average molecular weight is 418 g/mol. The molecule has 0 aliphatic rings. The topological polar surface area (TPSA) is 75.1 Å². The highest BCUT2D eigenvalue weighted by molar-refractivity contribution is 7.15. The summed E-state index contributed by atoms with van der Waals surface area (Å²) in [4.78, 5) is 12.2. The van der Waals surface area contributed by atoms with E-state index in [9.17, 15) is 14.3 Å². The van der Waals surface area contributed by atoms with Gasteiger partial charge in [0.2, 0.25) is 5.01 Å². The Balaban J connectivity index is 1.70. The van der Waals surface area contributed by atoms with E-state index in [0.29, 0.717) is 10.0 Å². The molecule has 3 aromatic rings. The predicted octanol–water partition coefficient (Wildman–Crippen LogP) is 4.67. The van der Waals surface area contributed by atoms with Gasteiger partial charge in [-0.05, 0) is 66.4 Å². The number of aryl methyl sites for hydroxylation is 2. The van der Waals surface area contributed by atoms with E-state index in [1.807, 2.05) is 26.0 Å². The Labute approximate surface area is 170 Å². The first kappa shape index (κ1) is 20.0. The molecule has 0 bridgehead atoms. The molecule has 0 aliphatic heterocycles. The highest BCUT2D eigenvalue weighted by Crippen LogP contribution is 2.28. The van der Waals surface area contributed by atoms with Gasteiger partial charge in [0.25, 0.3) is 5.91 Å². The smallest absolute Gasteiger partial charge is 0.282 e. The molecule has 8 heteroatoms. The van der Waals surface area contributed by atoms with Crippen LogP contribution in [0.2, 0.25) is 0 Å². The lowest BCUT2D eigenvalue weighted by Gasteiger charge is -2.05. The van der Waals surface area contributed by atoms with Crippen molar-refractivity contribution in [1.82, 2.24) is 15.5 Å². The van der Waals surface area contributed by atoms with Gasteiger partial charge in [-0.25, -0.2) is 4.39 Å². The van der Waals surface area contributed by atoms with Crippen molar-refractivity contribution >= 4 is 40.0 Å². The monoisotopic (exact) mass is 417 g/mol. The first-order chi connectivity index (χ1) is 13.3. The number of nitrogens with zero attached hydrogens (tertiary/aromatic N) is 2. The van der Waals surface area contributed by atoms with Gasteiger partial charge in [0, 0.05) is 6.54 Å². The molecular formula is C20H17ClFN3O2S. The number of hydrogen-bond donors (Lipinski definition) is 2. The lowest BCUT2D eigenvalue weighted by molar-refractivity contribution is 0.0950. The lowest BCUT2D eigenvalue weighted by Crippen LogP contribution is -2.22. The second kappa shape index (κ2) is 8.50. The van der Waals surface area contributed by atoms with E-state index in [1.165, 1.54) is 12.1 Å². The van der Waals surface area contributed by atoms with E-state index < -0.39 is 0 Å². The van der Waals surface area contributed by atoms with Crippen molar-refractivity contribution in [2.45, 2.75) is 20.4 Å². The summed E-state index contributed by atoms with van der Waals surface area (Å²) in [5, 5.41) is 21.4. The molecule has 0 atom stereocenters. The zero-order valence-electron chi connectivity index (χ0n) is 15.2. The number of aromatic hydroxyl groups is 1. The second-order valence-corrected chi connectivity index (χ2v) is 7.60. The molecule has 2 N–H and O–H groups in total. The highest BCUT2D eigenvalue weighted by Gasteiger charge is 2.14. The van der Waals surface area contributed by atoms with Crippen molar-refractivity contribution in [3.8, 4) is 5.75 Å². The maximum Gasteiger partial charge on any atom is 0.282 e. The number of halogens is 2. The molecule has 1 aromatic heterocycles. The Hall–Kier alpha value is -2.77. The molecule has 1 amide bonds. The predicted molar refractivity (Wildman–Crippen MR) is 109 cm³/mol. The summed E-state index contributed by atoms with van der Waals surface area (Å²) in [6.07, 6.45) is 1.71. The van der Waals surface area contributed by atoms with Crippen LogP contribution < -0.4 is 5.32 Å². The van der Waals surface area contributed by atoms with Gasteiger partial charge in [0.1, 0.15) is 11.6 Å². The van der Waals surface area contributed by atoms with Gasteiger partial charge < -0.3 is 10.4 Å². The maximum atomic E-state index is 12.9. The Morgan fingerprint density at radius 2 is 1.79 bits per heavy atom. The summed E-state index contributed by atoms with van der Waals surface area (Å²) < 4.78 is 12.9. The van der Waals surface area contributed by atoms with E-state index in [-0.39, 0.29) is 29.0 Å². The summed E-state index contributed by atoms with van der Waals surface area (Å²) in [6.45, 7) is 3.87. The van der Waals surface area contributed by atoms with Crippen LogP contribution in [-0.4, -0.2) is 21.2 Å². The molecule has 0 saturated heterocycles. The van der Waals surface area contributed by atoms with Gasteiger partial charge in [-0.15, -0.1) is 10.2 Å². The van der Waals surface area contributed by atoms with Crippen molar-refractivity contribution in [1.29, 1.82) is 0 Å². The number of rotatable bonds is 5. The molecule has 5 nitrogen and oxygen atoms in total. The summed E-state index contributed by atoms with van der Waals surface area (Å²) in [6, 6.07) is 9.48. The minimum absolute atomic E-state index is 0.182. The third kappa shape index (κ3) is 4.74. The largest absolute Gasteiger partial charge is 0.507 e. The van der Waals surface area contributed by atoms with Crippen molar-refractivity contribution in [3.05, 3.63) is 74.5 Å². The van der Waals surface area contributed by atoms with Gasteiger partial charge >= 0.3 is 0 Å². The molecular weight excluding hydrogens is 401 g/mol. The molecule has 0 unspecified atom stereocenters. The Morgan fingerprint density at radius 1 is 1.18 bits per heavy atom. The summed E-state index contributed by atoms with van der Waals surface area (Å²) >= 11 is 7.40. The maximum absolute atomic E-state index is 12.9. The molecule has 1 heterocycles. The molecule has 0 radical (unpaired) electrons. The van der Waals surface area contributed by atoms with Crippen LogP contribution in [0.5, 0.6) is 5.75 Å². The number of benzene rings is 2. The van der Waals surface area contributed by atoms with Crippen LogP contribution in [0.25, 0.3) is 11.1 Å². The lowest BCUT2D eigenvalue weighted by atomic mass is 10.1. The number of hydrogen-bond acceptors (Lipinski definition) is 5. The van der Waals surface area contributed by atoms with E-state index in [4.69, 9.17) is 11.6 Å². The Morgan fingerprint density at radius 3 is 2.43 bits per heavy atom. The fraction of sp³-hybridized carbons (Fsp3) is 0.150. The minimum Gasteiger partial charge on any atom is -0.507 e.